The predicted octanol–water partition coefficient (Wildman–Crippen LogP) is 4.45. The van der Waals surface area contributed by atoms with E-state index in [1.807, 2.05) is 30.3 Å². The van der Waals surface area contributed by atoms with Crippen molar-refractivity contribution in [3.8, 4) is 11.5 Å². The molecular formula is C26H31N3O3S. The highest BCUT2D eigenvalue weighted by Crippen LogP contribution is 2.31. The van der Waals surface area contributed by atoms with E-state index in [-0.39, 0.29) is 18.0 Å². The van der Waals surface area contributed by atoms with Crippen molar-refractivity contribution < 1.29 is 14.3 Å². The third kappa shape index (κ3) is 5.49. The standard InChI is InChI=1S/C26H31N3O3S/c1-19(27-26(30)20-6-4-7-23(18-20)32-3)25(24-8-5-17-33-24)29-15-13-28(14-16-29)21-9-11-22(31-2)12-10-21/h4-12,17-19,25H,13-16H2,1-3H3,(H,27,30)/t19-,25-/m1/s1. The molecule has 0 radical (unpaired) electrons. The van der Waals surface area contributed by atoms with Gasteiger partial charge in [-0.3, -0.25) is 9.69 Å². The monoisotopic (exact) mass is 465 g/mol. The van der Waals surface area contributed by atoms with Gasteiger partial charge in [-0.1, -0.05) is 12.1 Å². The number of ether oxygens (including phenoxy) is 2. The summed E-state index contributed by atoms with van der Waals surface area (Å²) in [5.41, 5.74) is 1.82. The number of anilines is 1. The van der Waals surface area contributed by atoms with Gasteiger partial charge in [-0.25, -0.2) is 0 Å². The van der Waals surface area contributed by atoms with Crippen LogP contribution in [0.5, 0.6) is 11.5 Å². The summed E-state index contributed by atoms with van der Waals surface area (Å²) in [6.45, 7) is 5.82. The molecular weight excluding hydrogens is 434 g/mol. The van der Waals surface area contributed by atoms with Crippen LogP contribution in [0.2, 0.25) is 0 Å². The number of amides is 1. The molecule has 2 atom stereocenters. The number of carbonyl (C=O) groups is 1. The third-order valence-electron chi connectivity index (χ3n) is 6.14. The zero-order chi connectivity index (χ0) is 23.2. The van der Waals surface area contributed by atoms with Gasteiger partial charge in [0.05, 0.1) is 20.3 Å². The van der Waals surface area contributed by atoms with E-state index in [0.29, 0.717) is 11.3 Å². The Kier molecular flexibility index (Phi) is 7.52. The van der Waals surface area contributed by atoms with Crippen LogP contribution < -0.4 is 19.7 Å². The fraction of sp³-hybridized carbons (Fsp3) is 0.346. The fourth-order valence-corrected chi connectivity index (χ4v) is 5.35. The zero-order valence-corrected chi connectivity index (χ0v) is 20.2. The van der Waals surface area contributed by atoms with Crippen LogP contribution in [0.4, 0.5) is 5.69 Å². The molecule has 6 nitrogen and oxygen atoms in total. The van der Waals surface area contributed by atoms with E-state index in [1.54, 1.807) is 31.6 Å². The Balaban J connectivity index is 1.44. The summed E-state index contributed by atoms with van der Waals surface area (Å²) in [5, 5.41) is 5.34. The van der Waals surface area contributed by atoms with Crippen LogP contribution in [0, 0.1) is 0 Å². The van der Waals surface area contributed by atoms with Gasteiger partial charge in [0.1, 0.15) is 11.5 Å². The highest BCUT2D eigenvalue weighted by atomic mass is 32.1. The SMILES string of the molecule is COc1ccc(N2CCN([C@@H](c3cccs3)[C@@H](C)NC(=O)c3cccc(OC)c3)CC2)cc1. The summed E-state index contributed by atoms with van der Waals surface area (Å²) < 4.78 is 10.6. The van der Waals surface area contributed by atoms with Crippen molar-refractivity contribution in [2.45, 2.75) is 19.0 Å². The normalized spacial score (nSPS) is 16.2. The molecule has 33 heavy (non-hydrogen) atoms. The molecule has 0 aliphatic carbocycles. The van der Waals surface area contributed by atoms with Crippen molar-refractivity contribution in [1.82, 2.24) is 10.2 Å². The summed E-state index contributed by atoms with van der Waals surface area (Å²) in [6.07, 6.45) is 0. The first kappa shape index (κ1) is 23.1. The van der Waals surface area contributed by atoms with Crippen LogP contribution in [-0.2, 0) is 0 Å². The van der Waals surface area contributed by atoms with E-state index < -0.39 is 0 Å². The van der Waals surface area contributed by atoms with E-state index in [1.165, 1.54) is 10.6 Å². The highest BCUT2D eigenvalue weighted by Gasteiger charge is 2.31. The topological polar surface area (TPSA) is 54.0 Å². The maximum atomic E-state index is 13.0. The Morgan fingerprint density at radius 2 is 1.67 bits per heavy atom. The molecule has 1 aromatic heterocycles. The van der Waals surface area contributed by atoms with Crippen LogP contribution in [0.25, 0.3) is 0 Å². The third-order valence-corrected chi connectivity index (χ3v) is 7.09. The number of carbonyl (C=O) groups excluding carboxylic acids is 1. The van der Waals surface area contributed by atoms with E-state index in [0.717, 1.165) is 31.9 Å². The van der Waals surface area contributed by atoms with Gasteiger partial charge in [0, 0.05) is 48.3 Å². The molecule has 1 aliphatic rings. The number of thiophene rings is 1. The molecule has 1 N–H and O–H groups in total. The second-order valence-electron chi connectivity index (χ2n) is 8.18. The molecule has 0 spiro atoms. The minimum absolute atomic E-state index is 0.0464. The Bertz CT molecular complexity index is 1030. The van der Waals surface area contributed by atoms with Gasteiger partial charge in [0.25, 0.3) is 5.91 Å². The highest BCUT2D eigenvalue weighted by molar-refractivity contribution is 7.10. The molecule has 7 heteroatoms. The van der Waals surface area contributed by atoms with Crippen LogP contribution in [0.15, 0.2) is 66.0 Å². The molecule has 0 unspecified atom stereocenters. The van der Waals surface area contributed by atoms with Gasteiger partial charge in [-0.05, 0) is 60.8 Å². The minimum atomic E-state index is -0.0835. The Hall–Kier alpha value is -3.03. The molecule has 0 saturated carbocycles. The van der Waals surface area contributed by atoms with Crippen molar-refractivity contribution in [3.05, 3.63) is 76.5 Å². The average Bonchev–Trinajstić information content (AvgIpc) is 3.39. The number of benzene rings is 2. The van der Waals surface area contributed by atoms with Crippen LogP contribution in [0.3, 0.4) is 0 Å². The maximum absolute atomic E-state index is 13.0. The molecule has 1 fully saturated rings. The van der Waals surface area contributed by atoms with E-state index >= 15 is 0 Å². The van der Waals surface area contributed by atoms with E-state index in [9.17, 15) is 4.79 Å². The lowest BCUT2D eigenvalue weighted by molar-refractivity contribution is 0.0890. The summed E-state index contributed by atoms with van der Waals surface area (Å²) in [4.78, 5) is 19.1. The quantitative estimate of drug-likeness (QED) is 0.533. The van der Waals surface area contributed by atoms with Crippen LogP contribution >= 0.6 is 11.3 Å². The zero-order valence-electron chi connectivity index (χ0n) is 19.4. The molecule has 174 valence electrons. The van der Waals surface area contributed by atoms with Gasteiger partial charge in [0.2, 0.25) is 0 Å². The van der Waals surface area contributed by atoms with Crippen LogP contribution in [0.1, 0.15) is 28.2 Å². The number of methoxy groups -OCH3 is 2. The molecule has 2 aromatic carbocycles. The Labute approximate surface area is 199 Å². The van der Waals surface area contributed by atoms with Crippen molar-refractivity contribution >= 4 is 22.9 Å². The number of piperazine rings is 1. The van der Waals surface area contributed by atoms with Crippen LogP contribution in [-0.4, -0.2) is 57.2 Å². The molecule has 2 heterocycles. The lowest BCUT2D eigenvalue weighted by atomic mass is 10.0. The van der Waals surface area contributed by atoms with Crippen molar-refractivity contribution in [2.75, 3.05) is 45.3 Å². The summed E-state index contributed by atoms with van der Waals surface area (Å²) in [5.74, 6) is 1.47. The van der Waals surface area contributed by atoms with Gasteiger partial charge in [-0.2, -0.15) is 0 Å². The maximum Gasteiger partial charge on any atom is 0.251 e. The minimum Gasteiger partial charge on any atom is -0.497 e. The number of hydrogen-bond acceptors (Lipinski definition) is 6. The van der Waals surface area contributed by atoms with Crippen molar-refractivity contribution in [2.24, 2.45) is 0 Å². The second-order valence-corrected chi connectivity index (χ2v) is 9.15. The first-order chi connectivity index (χ1) is 16.1. The lowest BCUT2D eigenvalue weighted by Gasteiger charge is -2.42. The Morgan fingerprint density at radius 3 is 2.30 bits per heavy atom. The average molecular weight is 466 g/mol. The van der Waals surface area contributed by atoms with Crippen molar-refractivity contribution in [3.63, 3.8) is 0 Å². The Morgan fingerprint density at radius 1 is 0.939 bits per heavy atom. The summed E-state index contributed by atoms with van der Waals surface area (Å²) in [6, 6.07) is 19.8. The van der Waals surface area contributed by atoms with E-state index in [2.05, 4.69) is 51.7 Å². The largest absolute Gasteiger partial charge is 0.497 e. The first-order valence-electron chi connectivity index (χ1n) is 11.2. The molecule has 1 amide bonds. The smallest absolute Gasteiger partial charge is 0.251 e. The van der Waals surface area contributed by atoms with Crippen molar-refractivity contribution in [1.29, 1.82) is 0 Å². The molecule has 0 bridgehead atoms. The van der Waals surface area contributed by atoms with E-state index in [4.69, 9.17) is 9.47 Å². The molecule has 1 aliphatic heterocycles. The fourth-order valence-electron chi connectivity index (χ4n) is 4.39. The first-order valence-corrected chi connectivity index (χ1v) is 12.1. The van der Waals surface area contributed by atoms with Gasteiger partial charge in [0.15, 0.2) is 0 Å². The van der Waals surface area contributed by atoms with Gasteiger partial charge in [-0.15, -0.1) is 11.3 Å². The number of hydrogen-bond donors (Lipinski definition) is 1. The number of nitrogens with zero attached hydrogens (tertiary/aromatic N) is 2. The molecule has 3 aromatic rings. The lowest BCUT2D eigenvalue weighted by Crippen LogP contribution is -2.52. The number of rotatable bonds is 8. The van der Waals surface area contributed by atoms with Gasteiger partial charge < -0.3 is 19.7 Å². The molecule has 1 saturated heterocycles. The summed E-state index contributed by atoms with van der Waals surface area (Å²) >= 11 is 1.74. The second kappa shape index (κ2) is 10.7. The number of nitrogens with one attached hydrogen (secondary N) is 1. The molecule has 4 rings (SSSR count). The van der Waals surface area contributed by atoms with Gasteiger partial charge >= 0.3 is 0 Å². The summed E-state index contributed by atoms with van der Waals surface area (Å²) in [7, 11) is 3.30. The predicted molar refractivity (Wildman–Crippen MR) is 134 cm³/mol.